The second kappa shape index (κ2) is 5.31. The normalized spacial score (nSPS) is 10.9. The lowest BCUT2D eigenvalue weighted by atomic mass is 10.3. The van der Waals surface area contributed by atoms with E-state index in [9.17, 15) is 4.39 Å². The summed E-state index contributed by atoms with van der Waals surface area (Å²) in [5.41, 5.74) is 1.42. The van der Waals surface area contributed by atoms with E-state index in [1.165, 1.54) is 12.1 Å². The van der Waals surface area contributed by atoms with Crippen molar-refractivity contribution in [2.45, 2.75) is 5.88 Å². The minimum absolute atomic E-state index is 0.0462. The summed E-state index contributed by atoms with van der Waals surface area (Å²) in [6.45, 7) is 0. The molecular weight excluding hydrogens is 302 g/mol. The topological polar surface area (TPSA) is 26.5 Å². The van der Waals surface area contributed by atoms with Gasteiger partial charge < -0.3 is 4.74 Å². The molecule has 3 aromatic rings. The zero-order chi connectivity index (χ0) is 14.1. The second-order valence-corrected chi connectivity index (χ2v) is 4.78. The van der Waals surface area contributed by atoms with E-state index in [-0.39, 0.29) is 10.9 Å². The average molecular weight is 311 g/mol. The summed E-state index contributed by atoms with van der Waals surface area (Å²) in [7, 11) is 0. The molecule has 2 aromatic heterocycles. The third-order valence-corrected chi connectivity index (χ3v) is 3.38. The molecule has 0 atom stereocenters. The average Bonchev–Trinajstić information content (AvgIpc) is 2.80. The van der Waals surface area contributed by atoms with Crippen LogP contribution >= 0.6 is 23.2 Å². The molecule has 2 heterocycles. The Bertz CT molecular complexity index is 773. The van der Waals surface area contributed by atoms with E-state index in [1.54, 1.807) is 6.07 Å². The van der Waals surface area contributed by atoms with Gasteiger partial charge >= 0.3 is 0 Å². The number of aromatic nitrogens is 2. The number of nitrogens with zero attached hydrogens (tertiary/aromatic N) is 2. The van der Waals surface area contributed by atoms with Crippen LogP contribution in [-0.2, 0) is 5.88 Å². The minimum atomic E-state index is -0.541. The molecule has 0 saturated carbocycles. The van der Waals surface area contributed by atoms with Crippen LogP contribution < -0.4 is 4.74 Å². The summed E-state index contributed by atoms with van der Waals surface area (Å²) in [6.07, 6.45) is 1.84. The van der Waals surface area contributed by atoms with Crippen molar-refractivity contribution in [2.75, 3.05) is 0 Å². The molecule has 0 fully saturated rings. The smallest absolute Gasteiger partial charge is 0.242 e. The van der Waals surface area contributed by atoms with E-state index in [1.807, 2.05) is 28.8 Å². The Kier molecular flexibility index (Phi) is 3.51. The maximum Gasteiger partial charge on any atom is 0.242 e. The van der Waals surface area contributed by atoms with Crippen LogP contribution in [0.1, 0.15) is 5.69 Å². The van der Waals surface area contributed by atoms with Gasteiger partial charge in [0.05, 0.1) is 10.9 Å². The fourth-order valence-corrected chi connectivity index (χ4v) is 2.24. The zero-order valence-electron chi connectivity index (χ0n) is 10.2. The fourth-order valence-electron chi connectivity index (χ4n) is 1.88. The van der Waals surface area contributed by atoms with Gasteiger partial charge in [0.25, 0.3) is 0 Å². The van der Waals surface area contributed by atoms with Crippen molar-refractivity contribution in [3.05, 3.63) is 59.1 Å². The van der Waals surface area contributed by atoms with Crippen molar-refractivity contribution in [2.24, 2.45) is 0 Å². The number of benzene rings is 1. The molecule has 0 unspecified atom stereocenters. The van der Waals surface area contributed by atoms with Gasteiger partial charge in [0.1, 0.15) is 22.9 Å². The SMILES string of the molecule is Fc1cc(Oc2nc3ccccn3c2CCl)ccc1Cl. The molecular formula is C14H9Cl2FN2O. The molecule has 0 aliphatic carbocycles. The third kappa shape index (κ3) is 2.32. The van der Waals surface area contributed by atoms with Gasteiger partial charge in [0.15, 0.2) is 0 Å². The van der Waals surface area contributed by atoms with Crippen LogP contribution in [0.25, 0.3) is 5.65 Å². The highest BCUT2D eigenvalue weighted by Gasteiger charge is 2.13. The molecule has 0 radical (unpaired) electrons. The van der Waals surface area contributed by atoms with Gasteiger partial charge in [-0.1, -0.05) is 17.7 Å². The summed E-state index contributed by atoms with van der Waals surface area (Å²) >= 11 is 11.6. The molecule has 0 spiro atoms. The summed E-state index contributed by atoms with van der Waals surface area (Å²) in [5, 5.41) is 0.0462. The number of halogens is 3. The Hall–Kier alpha value is -1.78. The maximum absolute atomic E-state index is 13.4. The van der Waals surface area contributed by atoms with Crippen molar-refractivity contribution in [1.29, 1.82) is 0 Å². The van der Waals surface area contributed by atoms with Crippen molar-refractivity contribution in [3.63, 3.8) is 0 Å². The Morgan fingerprint density at radius 2 is 2.10 bits per heavy atom. The highest BCUT2D eigenvalue weighted by molar-refractivity contribution is 6.30. The summed E-state index contributed by atoms with van der Waals surface area (Å²) in [4.78, 5) is 4.33. The van der Waals surface area contributed by atoms with Crippen LogP contribution in [0.5, 0.6) is 11.6 Å². The Morgan fingerprint density at radius 3 is 2.85 bits per heavy atom. The quantitative estimate of drug-likeness (QED) is 0.658. The Balaban J connectivity index is 2.03. The molecule has 0 saturated heterocycles. The highest BCUT2D eigenvalue weighted by Crippen LogP contribution is 2.29. The summed E-state index contributed by atoms with van der Waals surface area (Å²) in [6, 6.07) is 9.80. The second-order valence-electron chi connectivity index (χ2n) is 4.10. The van der Waals surface area contributed by atoms with Crippen LogP contribution in [0.2, 0.25) is 5.02 Å². The van der Waals surface area contributed by atoms with E-state index < -0.39 is 5.82 Å². The molecule has 6 heteroatoms. The molecule has 0 amide bonds. The first-order valence-corrected chi connectivity index (χ1v) is 6.75. The number of fused-ring (bicyclic) bond motifs is 1. The summed E-state index contributed by atoms with van der Waals surface area (Å²) in [5.74, 6) is 0.367. The molecule has 0 bridgehead atoms. The number of rotatable bonds is 3. The standard InChI is InChI=1S/C14H9Cl2FN2O/c15-8-12-14(18-13-3-1-2-6-19(12)13)20-9-4-5-10(16)11(17)7-9/h1-7H,8H2. The van der Waals surface area contributed by atoms with Crippen LogP contribution in [-0.4, -0.2) is 9.38 Å². The lowest BCUT2D eigenvalue weighted by Gasteiger charge is -2.05. The molecule has 0 N–H and O–H groups in total. The Morgan fingerprint density at radius 1 is 1.25 bits per heavy atom. The predicted octanol–water partition coefficient (Wildman–Crippen LogP) is 4.66. The van der Waals surface area contributed by atoms with Crippen LogP contribution in [0.4, 0.5) is 4.39 Å². The lowest BCUT2D eigenvalue weighted by molar-refractivity contribution is 0.457. The minimum Gasteiger partial charge on any atom is -0.437 e. The molecule has 0 aliphatic rings. The van der Waals surface area contributed by atoms with E-state index in [4.69, 9.17) is 27.9 Å². The van der Waals surface area contributed by atoms with Crippen molar-refractivity contribution in [1.82, 2.24) is 9.38 Å². The van der Waals surface area contributed by atoms with Gasteiger partial charge in [-0.3, -0.25) is 4.40 Å². The molecule has 3 nitrogen and oxygen atoms in total. The van der Waals surface area contributed by atoms with Crippen molar-refractivity contribution in [3.8, 4) is 11.6 Å². The maximum atomic E-state index is 13.4. The molecule has 0 aliphatic heterocycles. The van der Waals surface area contributed by atoms with Gasteiger partial charge in [-0.05, 0) is 24.3 Å². The van der Waals surface area contributed by atoms with Crippen LogP contribution in [0.15, 0.2) is 42.6 Å². The fraction of sp³-hybridized carbons (Fsp3) is 0.0714. The van der Waals surface area contributed by atoms with E-state index in [2.05, 4.69) is 4.98 Å². The van der Waals surface area contributed by atoms with Gasteiger partial charge in [-0.2, -0.15) is 4.98 Å². The van der Waals surface area contributed by atoms with Gasteiger partial charge in [-0.25, -0.2) is 4.39 Å². The number of hydrogen-bond acceptors (Lipinski definition) is 2. The van der Waals surface area contributed by atoms with Crippen molar-refractivity contribution < 1.29 is 9.13 Å². The highest BCUT2D eigenvalue weighted by atomic mass is 35.5. The molecule has 1 aromatic carbocycles. The number of ether oxygens (including phenoxy) is 1. The molecule has 102 valence electrons. The molecule has 20 heavy (non-hydrogen) atoms. The van der Waals surface area contributed by atoms with Gasteiger partial charge in [-0.15, -0.1) is 11.6 Å². The first-order chi connectivity index (χ1) is 9.69. The summed E-state index contributed by atoms with van der Waals surface area (Å²) < 4.78 is 20.8. The van der Waals surface area contributed by atoms with Crippen LogP contribution in [0, 0.1) is 5.82 Å². The van der Waals surface area contributed by atoms with E-state index in [0.717, 1.165) is 0 Å². The number of hydrogen-bond donors (Lipinski definition) is 0. The first kappa shape index (κ1) is 13.2. The Labute approximate surface area is 124 Å². The number of alkyl halides is 1. The largest absolute Gasteiger partial charge is 0.437 e. The van der Waals surface area contributed by atoms with E-state index >= 15 is 0 Å². The zero-order valence-corrected chi connectivity index (χ0v) is 11.7. The monoisotopic (exact) mass is 310 g/mol. The number of pyridine rings is 1. The number of imidazole rings is 1. The third-order valence-electron chi connectivity index (χ3n) is 2.82. The van der Waals surface area contributed by atoms with Gasteiger partial charge in [0.2, 0.25) is 5.88 Å². The molecule has 3 rings (SSSR count). The lowest BCUT2D eigenvalue weighted by Crippen LogP contribution is -1.92. The van der Waals surface area contributed by atoms with Gasteiger partial charge in [0, 0.05) is 12.3 Å². The van der Waals surface area contributed by atoms with Crippen LogP contribution in [0.3, 0.4) is 0 Å². The predicted molar refractivity (Wildman–Crippen MR) is 76.2 cm³/mol. The van der Waals surface area contributed by atoms with Crippen molar-refractivity contribution >= 4 is 28.8 Å². The van der Waals surface area contributed by atoms with E-state index in [0.29, 0.717) is 23.0 Å². The first-order valence-electron chi connectivity index (χ1n) is 5.84.